The van der Waals surface area contributed by atoms with Gasteiger partial charge in [0, 0.05) is 23.9 Å². The van der Waals surface area contributed by atoms with Crippen molar-refractivity contribution in [3.63, 3.8) is 0 Å². The van der Waals surface area contributed by atoms with E-state index in [2.05, 4.69) is 27.2 Å². The van der Waals surface area contributed by atoms with Gasteiger partial charge in [-0.1, -0.05) is 13.5 Å². The summed E-state index contributed by atoms with van der Waals surface area (Å²) in [6.07, 6.45) is 4.72. The number of methoxy groups -OCH3 is 1. The molecule has 1 unspecified atom stereocenters. The maximum Gasteiger partial charge on any atom is 0.247 e. The number of amides is 1. The number of hydrogen-bond donors (Lipinski definition) is 2. The second-order valence-corrected chi connectivity index (χ2v) is 7.83. The number of H-pyrrole nitrogens is 1. The number of rotatable bonds is 6. The number of aromatic nitrogens is 4. The van der Waals surface area contributed by atoms with Gasteiger partial charge >= 0.3 is 0 Å². The van der Waals surface area contributed by atoms with Crippen LogP contribution in [-0.4, -0.2) is 33.0 Å². The molecule has 1 amide bonds. The molecule has 7 nitrogen and oxygen atoms in total. The van der Waals surface area contributed by atoms with Crippen molar-refractivity contribution in [2.45, 2.75) is 38.5 Å². The maximum absolute atomic E-state index is 15.1. The number of halogens is 2. The number of aromatic amines is 1. The highest BCUT2D eigenvalue weighted by atomic mass is 19.1. The van der Waals surface area contributed by atoms with Crippen molar-refractivity contribution in [3.8, 4) is 17.1 Å². The molecule has 0 fully saturated rings. The van der Waals surface area contributed by atoms with Crippen molar-refractivity contribution in [2.24, 2.45) is 7.05 Å². The molecule has 4 rings (SSSR count). The van der Waals surface area contributed by atoms with E-state index in [1.807, 2.05) is 6.92 Å². The van der Waals surface area contributed by atoms with E-state index in [4.69, 9.17) is 4.74 Å². The summed E-state index contributed by atoms with van der Waals surface area (Å²) in [6, 6.07) is 1.43. The minimum atomic E-state index is -0.642. The molecule has 2 N–H and O–H groups in total. The topological polar surface area (TPSA) is 84.8 Å². The molecule has 32 heavy (non-hydrogen) atoms. The fraction of sp³-hybridized carbons (Fsp3) is 0.348. The number of fused-ring (bicyclic) bond motifs is 1. The molecule has 1 aliphatic rings. The lowest BCUT2D eigenvalue weighted by Gasteiger charge is -2.25. The summed E-state index contributed by atoms with van der Waals surface area (Å²) < 4.78 is 37.0. The standard InChI is InChI=1S/C23H25F2N5O2/c1-5-12-10-17(32-4)21(25)19(20(12)24)13-7-8-14-15(9-13)28-29-22(14)23-16(11-26-30(23)3)27-18(31)6-2/h6,10-11,13H,2,5,7-9H2,1,3-4H3,(H,27,31)(H,28,29). The molecule has 0 saturated carbocycles. The van der Waals surface area contributed by atoms with Gasteiger partial charge in [0.2, 0.25) is 5.91 Å². The Hall–Kier alpha value is -3.49. The Bertz CT molecular complexity index is 1170. The van der Waals surface area contributed by atoms with E-state index >= 15 is 8.78 Å². The van der Waals surface area contributed by atoms with Crippen LogP contribution in [0.25, 0.3) is 11.4 Å². The largest absolute Gasteiger partial charge is 0.494 e. The maximum atomic E-state index is 15.1. The Balaban J connectivity index is 1.71. The highest BCUT2D eigenvalue weighted by molar-refractivity contribution is 6.01. The predicted octanol–water partition coefficient (Wildman–Crippen LogP) is 4.06. The van der Waals surface area contributed by atoms with Crippen LogP contribution in [0.4, 0.5) is 14.5 Å². The lowest BCUT2D eigenvalue weighted by molar-refractivity contribution is -0.111. The van der Waals surface area contributed by atoms with Gasteiger partial charge in [-0.25, -0.2) is 8.78 Å². The van der Waals surface area contributed by atoms with Crippen molar-refractivity contribution in [2.75, 3.05) is 12.4 Å². The minimum absolute atomic E-state index is 0.0619. The number of anilines is 1. The quantitative estimate of drug-likeness (QED) is 0.565. The van der Waals surface area contributed by atoms with Crippen LogP contribution in [0.1, 0.15) is 41.6 Å². The molecule has 1 atom stereocenters. The van der Waals surface area contributed by atoms with Gasteiger partial charge in [0.15, 0.2) is 11.6 Å². The summed E-state index contributed by atoms with van der Waals surface area (Å²) in [7, 11) is 3.15. The third-order valence-corrected chi connectivity index (χ3v) is 6.04. The van der Waals surface area contributed by atoms with Crippen LogP contribution in [0.5, 0.6) is 5.75 Å². The molecule has 0 spiro atoms. The Morgan fingerprint density at radius 1 is 1.44 bits per heavy atom. The number of carbonyl (C=O) groups excluding carboxylic acids is 1. The first-order valence-electron chi connectivity index (χ1n) is 10.5. The zero-order chi connectivity index (χ0) is 23.0. The number of hydrogen-bond acceptors (Lipinski definition) is 4. The van der Waals surface area contributed by atoms with Gasteiger partial charge in [0.05, 0.1) is 19.0 Å². The van der Waals surface area contributed by atoms with E-state index in [-0.39, 0.29) is 23.1 Å². The minimum Gasteiger partial charge on any atom is -0.494 e. The molecule has 2 heterocycles. The summed E-state index contributed by atoms with van der Waals surface area (Å²) in [6.45, 7) is 5.30. The van der Waals surface area contributed by atoms with Crippen LogP contribution in [0.15, 0.2) is 24.9 Å². The molecule has 0 aliphatic heterocycles. The Morgan fingerprint density at radius 2 is 2.22 bits per heavy atom. The zero-order valence-electron chi connectivity index (χ0n) is 18.3. The van der Waals surface area contributed by atoms with Crippen molar-refractivity contribution < 1.29 is 18.3 Å². The second kappa shape index (κ2) is 8.57. The highest BCUT2D eigenvalue weighted by Crippen LogP contribution is 2.41. The van der Waals surface area contributed by atoms with Crippen molar-refractivity contribution in [3.05, 3.63) is 58.9 Å². The Kier molecular flexibility index (Phi) is 5.82. The highest BCUT2D eigenvalue weighted by Gasteiger charge is 2.32. The Labute approximate surface area is 184 Å². The summed E-state index contributed by atoms with van der Waals surface area (Å²) in [5, 5.41) is 14.5. The van der Waals surface area contributed by atoms with Crippen LogP contribution in [-0.2, 0) is 31.1 Å². The number of nitrogens with one attached hydrogen (secondary N) is 2. The van der Waals surface area contributed by atoms with Crippen LogP contribution in [0.3, 0.4) is 0 Å². The molecule has 1 aromatic carbocycles. The number of benzene rings is 1. The molecule has 3 aromatic rings. The second-order valence-electron chi connectivity index (χ2n) is 7.83. The average molecular weight is 441 g/mol. The summed E-state index contributed by atoms with van der Waals surface area (Å²) in [5.74, 6) is -1.77. The average Bonchev–Trinajstić information content (AvgIpc) is 3.36. The molecule has 9 heteroatoms. The molecule has 0 radical (unpaired) electrons. The first-order chi connectivity index (χ1) is 15.4. The monoisotopic (exact) mass is 441 g/mol. The van der Waals surface area contributed by atoms with E-state index < -0.39 is 11.6 Å². The number of carbonyl (C=O) groups is 1. The molecular weight excluding hydrogens is 416 g/mol. The predicted molar refractivity (Wildman–Crippen MR) is 117 cm³/mol. The van der Waals surface area contributed by atoms with E-state index in [1.165, 1.54) is 19.3 Å². The number of ether oxygens (including phenoxy) is 1. The molecule has 168 valence electrons. The molecule has 0 bridgehead atoms. The van der Waals surface area contributed by atoms with Gasteiger partial charge in [-0.3, -0.25) is 14.6 Å². The van der Waals surface area contributed by atoms with E-state index in [9.17, 15) is 4.79 Å². The SMILES string of the molecule is C=CC(=O)Nc1cnn(C)c1-c1n[nH]c2c1CCC(c1c(F)c(CC)cc(OC)c1F)C2. The molecular formula is C23H25F2N5O2. The number of aryl methyl sites for hydroxylation is 2. The fourth-order valence-electron chi connectivity index (χ4n) is 4.39. The van der Waals surface area contributed by atoms with Crippen molar-refractivity contribution >= 4 is 11.6 Å². The van der Waals surface area contributed by atoms with Crippen LogP contribution >= 0.6 is 0 Å². The third kappa shape index (κ3) is 3.57. The van der Waals surface area contributed by atoms with E-state index in [1.54, 1.807) is 17.9 Å². The van der Waals surface area contributed by atoms with Crippen molar-refractivity contribution in [1.82, 2.24) is 20.0 Å². The van der Waals surface area contributed by atoms with Gasteiger partial charge in [-0.05, 0) is 49.3 Å². The van der Waals surface area contributed by atoms with Gasteiger partial charge in [0.25, 0.3) is 0 Å². The third-order valence-electron chi connectivity index (χ3n) is 6.04. The van der Waals surface area contributed by atoms with Gasteiger partial charge in [0.1, 0.15) is 17.2 Å². The van der Waals surface area contributed by atoms with Crippen molar-refractivity contribution in [1.29, 1.82) is 0 Å². The van der Waals surface area contributed by atoms with Gasteiger partial charge in [-0.2, -0.15) is 10.2 Å². The lowest BCUT2D eigenvalue weighted by Crippen LogP contribution is -2.17. The first kappa shape index (κ1) is 21.7. The smallest absolute Gasteiger partial charge is 0.247 e. The van der Waals surface area contributed by atoms with Crippen LogP contribution < -0.4 is 10.1 Å². The lowest BCUT2D eigenvalue weighted by atomic mass is 9.81. The summed E-state index contributed by atoms with van der Waals surface area (Å²) in [5.41, 5.74) is 4.12. The zero-order valence-corrected chi connectivity index (χ0v) is 18.3. The van der Waals surface area contributed by atoms with Gasteiger partial charge < -0.3 is 10.1 Å². The Morgan fingerprint density at radius 3 is 2.91 bits per heavy atom. The molecule has 1 aliphatic carbocycles. The first-order valence-corrected chi connectivity index (χ1v) is 10.5. The fourth-order valence-corrected chi connectivity index (χ4v) is 4.39. The van der Waals surface area contributed by atoms with Gasteiger partial charge in [-0.15, -0.1) is 0 Å². The van der Waals surface area contributed by atoms with E-state index in [0.29, 0.717) is 48.3 Å². The van der Waals surface area contributed by atoms with Crippen LogP contribution in [0.2, 0.25) is 0 Å². The normalized spacial score (nSPS) is 15.3. The van der Waals surface area contributed by atoms with E-state index in [0.717, 1.165) is 11.3 Å². The molecule has 2 aromatic heterocycles. The number of nitrogens with zero attached hydrogens (tertiary/aromatic N) is 3. The molecule has 0 saturated heterocycles. The summed E-state index contributed by atoms with van der Waals surface area (Å²) in [4.78, 5) is 11.8. The summed E-state index contributed by atoms with van der Waals surface area (Å²) >= 11 is 0. The van der Waals surface area contributed by atoms with Crippen LogP contribution in [0, 0.1) is 11.6 Å².